The zero-order chi connectivity index (χ0) is 14.1. The predicted octanol–water partition coefficient (Wildman–Crippen LogP) is 3.02. The number of hydrogen-bond acceptors (Lipinski definition) is 2. The molecule has 3 heteroatoms. The van der Waals surface area contributed by atoms with Crippen LogP contribution in [0, 0.1) is 5.92 Å². The normalized spacial score (nSPS) is 13.8. The summed E-state index contributed by atoms with van der Waals surface area (Å²) in [5, 5.41) is 2.98. The third-order valence-corrected chi connectivity index (χ3v) is 3.55. The van der Waals surface area contributed by atoms with Gasteiger partial charge in [-0.15, -0.1) is 0 Å². The minimum absolute atomic E-state index is 0.0823. The molecule has 1 amide bonds. The van der Waals surface area contributed by atoms with Crippen molar-refractivity contribution in [3.63, 3.8) is 0 Å². The number of hydrogen-bond donors (Lipinski definition) is 2. The average molecular weight is 262 g/mol. The number of carbonyl (C=O) groups is 1. The minimum Gasteiger partial charge on any atom is -0.354 e. The molecule has 106 valence electrons. The summed E-state index contributed by atoms with van der Waals surface area (Å²) in [6.07, 6.45) is 4.70. The van der Waals surface area contributed by atoms with Crippen LogP contribution in [0.4, 0.5) is 0 Å². The lowest BCUT2D eigenvalue weighted by Crippen LogP contribution is -2.36. The molecule has 1 unspecified atom stereocenters. The van der Waals surface area contributed by atoms with Crippen LogP contribution in [0.3, 0.4) is 0 Å². The van der Waals surface area contributed by atoms with Gasteiger partial charge in [0.15, 0.2) is 0 Å². The number of amides is 1. The van der Waals surface area contributed by atoms with Gasteiger partial charge in [0, 0.05) is 6.54 Å². The Morgan fingerprint density at radius 2 is 1.95 bits per heavy atom. The van der Waals surface area contributed by atoms with Crippen molar-refractivity contribution in [3.05, 3.63) is 35.9 Å². The van der Waals surface area contributed by atoms with Crippen molar-refractivity contribution in [3.8, 4) is 0 Å². The van der Waals surface area contributed by atoms with E-state index in [0.29, 0.717) is 5.92 Å². The van der Waals surface area contributed by atoms with Crippen LogP contribution in [0.15, 0.2) is 30.3 Å². The monoisotopic (exact) mass is 262 g/mol. The summed E-state index contributed by atoms with van der Waals surface area (Å²) in [5.41, 5.74) is 6.82. The van der Waals surface area contributed by atoms with Gasteiger partial charge in [0.1, 0.15) is 6.04 Å². The summed E-state index contributed by atoms with van der Waals surface area (Å²) in [7, 11) is 0. The molecule has 0 spiro atoms. The summed E-state index contributed by atoms with van der Waals surface area (Å²) in [4.78, 5) is 12.0. The highest BCUT2D eigenvalue weighted by molar-refractivity contribution is 5.82. The van der Waals surface area contributed by atoms with Crippen molar-refractivity contribution in [2.24, 2.45) is 11.7 Å². The van der Waals surface area contributed by atoms with Gasteiger partial charge in [0.05, 0.1) is 0 Å². The summed E-state index contributed by atoms with van der Waals surface area (Å²) in [5.74, 6) is 0.480. The van der Waals surface area contributed by atoms with Crippen LogP contribution in [-0.2, 0) is 4.79 Å². The fraction of sp³-hybridized carbons (Fsp3) is 0.562. The number of benzene rings is 1. The molecule has 0 aliphatic rings. The molecule has 3 N–H and O–H groups in total. The average Bonchev–Trinajstić information content (AvgIpc) is 2.47. The second-order valence-corrected chi connectivity index (χ2v) is 5.05. The zero-order valence-corrected chi connectivity index (χ0v) is 12.1. The van der Waals surface area contributed by atoms with Crippen molar-refractivity contribution >= 4 is 5.91 Å². The molecular formula is C16H26N2O. The highest BCUT2D eigenvalue weighted by Crippen LogP contribution is 2.13. The quantitative estimate of drug-likeness (QED) is 0.756. The molecular weight excluding hydrogens is 236 g/mol. The first kappa shape index (κ1) is 15.7. The summed E-state index contributed by atoms with van der Waals surface area (Å²) in [6.45, 7) is 5.09. The maximum Gasteiger partial charge on any atom is 0.241 e. The van der Waals surface area contributed by atoms with Gasteiger partial charge in [-0.3, -0.25) is 4.79 Å². The molecule has 19 heavy (non-hydrogen) atoms. The number of carbonyl (C=O) groups excluding carboxylic acids is 1. The highest BCUT2D eigenvalue weighted by atomic mass is 16.2. The van der Waals surface area contributed by atoms with Crippen LogP contribution in [0.5, 0.6) is 0 Å². The van der Waals surface area contributed by atoms with Gasteiger partial charge >= 0.3 is 0 Å². The minimum atomic E-state index is -0.565. The maximum atomic E-state index is 12.0. The Kier molecular flexibility index (Phi) is 7.19. The van der Waals surface area contributed by atoms with Crippen molar-refractivity contribution < 1.29 is 4.79 Å². The van der Waals surface area contributed by atoms with E-state index in [1.165, 1.54) is 19.3 Å². The van der Waals surface area contributed by atoms with E-state index in [1.807, 2.05) is 30.3 Å². The first-order valence-electron chi connectivity index (χ1n) is 7.27. The third kappa shape index (κ3) is 5.43. The largest absolute Gasteiger partial charge is 0.354 e. The zero-order valence-electron chi connectivity index (χ0n) is 12.1. The van der Waals surface area contributed by atoms with E-state index in [2.05, 4.69) is 19.2 Å². The van der Waals surface area contributed by atoms with Crippen LogP contribution in [0.2, 0.25) is 0 Å². The van der Waals surface area contributed by atoms with Crippen molar-refractivity contribution in [2.45, 2.75) is 45.6 Å². The van der Waals surface area contributed by atoms with Gasteiger partial charge in [-0.2, -0.15) is 0 Å². The molecule has 0 radical (unpaired) electrons. The lowest BCUT2D eigenvalue weighted by Gasteiger charge is -2.17. The molecule has 1 rings (SSSR count). The summed E-state index contributed by atoms with van der Waals surface area (Å²) in [6, 6.07) is 8.94. The lowest BCUT2D eigenvalue weighted by molar-refractivity contribution is -0.122. The summed E-state index contributed by atoms with van der Waals surface area (Å²) < 4.78 is 0. The molecule has 0 fully saturated rings. The lowest BCUT2D eigenvalue weighted by atomic mass is 9.99. The highest BCUT2D eigenvalue weighted by Gasteiger charge is 2.16. The molecule has 0 aromatic heterocycles. The maximum absolute atomic E-state index is 12.0. The van der Waals surface area contributed by atoms with Crippen LogP contribution < -0.4 is 11.1 Å². The third-order valence-electron chi connectivity index (χ3n) is 3.55. The Bertz CT molecular complexity index is 364. The smallest absolute Gasteiger partial charge is 0.241 e. The van der Waals surface area contributed by atoms with Crippen LogP contribution in [0.1, 0.15) is 51.1 Å². The van der Waals surface area contributed by atoms with Gasteiger partial charge in [0.2, 0.25) is 5.91 Å². The number of nitrogens with one attached hydrogen (secondary N) is 1. The van der Waals surface area contributed by atoms with Gasteiger partial charge in [0.25, 0.3) is 0 Å². The molecule has 0 aliphatic heterocycles. The molecule has 0 saturated carbocycles. The van der Waals surface area contributed by atoms with E-state index in [4.69, 9.17) is 5.73 Å². The number of rotatable bonds is 8. The molecule has 0 aliphatic carbocycles. The van der Waals surface area contributed by atoms with Gasteiger partial charge in [-0.05, 0) is 17.9 Å². The van der Waals surface area contributed by atoms with Crippen molar-refractivity contribution in [1.82, 2.24) is 5.32 Å². The molecule has 0 bridgehead atoms. The fourth-order valence-corrected chi connectivity index (χ4v) is 2.11. The van der Waals surface area contributed by atoms with Crippen LogP contribution in [0.25, 0.3) is 0 Å². The Balaban J connectivity index is 2.42. The van der Waals surface area contributed by atoms with Gasteiger partial charge in [-0.25, -0.2) is 0 Å². The van der Waals surface area contributed by atoms with E-state index in [1.54, 1.807) is 0 Å². The Labute approximate surface area is 116 Å². The van der Waals surface area contributed by atoms with E-state index < -0.39 is 6.04 Å². The molecule has 0 heterocycles. The fourth-order valence-electron chi connectivity index (χ4n) is 2.11. The molecule has 1 aromatic carbocycles. The van der Waals surface area contributed by atoms with Gasteiger partial charge in [-0.1, -0.05) is 63.4 Å². The number of unbranched alkanes of at least 4 members (excludes halogenated alkanes) is 1. The van der Waals surface area contributed by atoms with Crippen LogP contribution in [-0.4, -0.2) is 12.5 Å². The van der Waals surface area contributed by atoms with E-state index in [9.17, 15) is 4.79 Å². The standard InChI is InChI=1S/C16H26N2O/c1-3-5-9-13(4-2)12-18-16(19)15(17)14-10-7-6-8-11-14/h6-8,10-11,13,15H,3-5,9,12,17H2,1-2H3,(H,18,19)/t13?,15-/m1/s1. The second-order valence-electron chi connectivity index (χ2n) is 5.05. The van der Waals surface area contributed by atoms with Crippen molar-refractivity contribution in [1.29, 1.82) is 0 Å². The molecule has 1 aromatic rings. The predicted molar refractivity (Wildman–Crippen MR) is 79.7 cm³/mol. The Morgan fingerprint density at radius 3 is 2.53 bits per heavy atom. The first-order valence-corrected chi connectivity index (χ1v) is 7.27. The van der Waals surface area contributed by atoms with E-state index in [0.717, 1.165) is 18.5 Å². The molecule has 3 nitrogen and oxygen atoms in total. The second kappa shape index (κ2) is 8.70. The number of nitrogens with two attached hydrogens (primary N) is 1. The van der Waals surface area contributed by atoms with Crippen molar-refractivity contribution in [2.75, 3.05) is 6.54 Å². The Hall–Kier alpha value is -1.35. The van der Waals surface area contributed by atoms with Crippen LogP contribution >= 0.6 is 0 Å². The SMILES string of the molecule is CCCCC(CC)CNC(=O)[C@H](N)c1ccccc1. The first-order chi connectivity index (χ1) is 9.19. The van der Waals surface area contributed by atoms with Gasteiger partial charge < -0.3 is 11.1 Å². The van der Waals surface area contributed by atoms with E-state index >= 15 is 0 Å². The molecule has 0 saturated heterocycles. The molecule has 2 atom stereocenters. The summed E-state index contributed by atoms with van der Waals surface area (Å²) >= 11 is 0. The topological polar surface area (TPSA) is 55.1 Å². The Morgan fingerprint density at radius 1 is 1.26 bits per heavy atom. The van der Waals surface area contributed by atoms with E-state index in [-0.39, 0.29) is 5.91 Å².